The fraction of sp³-hybridized carbons (Fsp3) is 0.400. The molecule has 1 aliphatic rings. The first-order chi connectivity index (χ1) is 17.0. The highest BCUT2D eigenvalue weighted by Gasteiger charge is 2.31. The van der Waals surface area contributed by atoms with Crippen LogP contribution in [-0.2, 0) is 4.79 Å². The lowest BCUT2D eigenvalue weighted by Gasteiger charge is -2.37. The van der Waals surface area contributed by atoms with E-state index in [1.807, 2.05) is 12.1 Å². The summed E-state index contributed by atoms with van der Waals surface area (Å²) in [6.45, 7) is 3.79. The molecule has 4 rings (SSSR count). The van der Waals surface area contributed by atoms with Gasteiger partial charge >= 0.3 is 0 Å². The quantitative estimate of drug-likeness (QED) is 0.376. The Kier molecular flexibility index (Phi) is 6.90. The van der Waals surface area contributed by atoms with Gasteiger partial charge in [0.25, 0.3) is 5.91 Å². The van der Waals surface area contributed by atoms with Crippen molar-refractivity contribution in [3.05, 3.63) is 47.8 Å². The molecule has 0 bridgehead atoms. The number of aliphatic hydroxyl groups is 1. The van der Waals surface area contributed by atoms with Gasteiger partial charge in [-0.1, -0.05) is 0 Å². The van der Waals surface area contributed by atoms with Crippen LogP contribution in [0.4, 0.5) is 10.1 Å². The molecule has 3 heterocycles. The van der Waals surface area contributed by atoms with Crippen LogP contribution in [-0.4, -0.2) is 61.9 Å². The maximum atomic E-state index is 14.2. The molecule has 1 saturated carbocycles. The van der Waals surface area contributed by atoms with Crippen molar-refractivity contribution in [2.24, 2.45) is 0 Å². The number of hydrogen-bond donors (Lipinski definition) is 4. The third-order valence-electron chi connectivity index (χ3n) is 6.15. The molecule has 0 aromatic carbocycles. The SMILES string of the molecule is CC(=O)NC1CC(Nc2cc(-c3ccc4cc(C#N)cnn34)ncc2C(=O)NC[C@@H](F)C(C)(C)O)C1. The first-order valence-electron chi connectivity index (χ1n) is 11.6. The predicted molar refractivity (Wildman–Crippen MR) is 131 cm³/mol. The van der Waals surface area contributed by atoms with Crippen LogP contribution in [0.5, 0.6) is 0 Å². The number of carbonyl (C=O) groups is 2. The molecular weight excluding hydrogens is 465 g/mol. The van der Waals surface area contributed by atoms with E-state index in [-0.39, 0.29) is 30.1 Å². The fourth-order valence-electron chi connectivity index (χ4n) is 4.04. The molecule has 0 saturated heterocycles. The van der Waals surface area contributed by atoms with Crippen LogP contribution in [0.2, 0.25) is 0 Å². The van der Waals surface area contributed by atoms with E-state index in [2.05, 4.69) is 32.1 Å². The third kappa shape index (κ3) is 5.44. The number of nitrogens with zero attached hydrogens (tertiary/aromatic N) is 4. The minimum atomic E-state index is -1.65. The second kappa shape index (κ2) is 9.91. The molecule has 10 nitrogen and oxygen atoms in total. The van der Waals surface area contributed by atoms with Gasteiger partial charge in [-0.05, 0) is 51.0 Å². The van der Waals surface area contributed by atoms with E-state index in [1.165, 1.54) is 33.2 Å². The fourth-order valence-corrected chi connectivity index (χ4v) is 4.04. The van der Waals surface area contributed by atoms with Crippen molar-refractivity contribution in [1.29, 1.82) is 5.26 Å². The molecule has 1 atom stereocenters. The number of rotatable bonds is 8. The second-order valence-electron chi connectivity index (χ2n) is 9.57. The van der Waals surface area contributed by atoms with E-state index >= 15 is 0 Å². The summed E-state index contributed by atoms with van der Waals surface area (Å²) < 4.78 is 15.9. The molecule has 188 valence electrons. The number of anilines is 1. The molecule has 2 amide bonds. The summed E-state index contributed by atoms with van der Waals surface area (Å²) in [5.41, 5.74) is 1.51. The van der Waals surface area contributed by atoms with Gasteiger partial charge in [0.05, 0.1) is 52.1 Å². The number of alkyl halides is 1. The monoisotopic (exact) mass is 493 g/mol. The zero-order valence-electron chi connectivity index (χ0n) is 20.2. The van der Waals surface area contributed by atoms with Gasteiger partial charge in [-0.25, -0.2) is 8.91 Å². The zero-order valence-corrected chi connectivity index (χ0v) is 20.2. The molecule has 4 N–H and O–H groups in total. The average molecular weight is 494 g/mol. The summed E-state index contributed by atoms with van der Waals surface area (Å²) in [5, 5.41) is 32.0. The van der Waals surface area contributed by atoms with Crippen molar-refractivity contribution in [2.75, 3.05) is 11.9 Å². The van der Waals surface area contributed by atoms with Gasteiger partial charge in [0.1, 0.15) is 12.2 Å². The van der Waals surface area contributed by atoms with E-state index in [0.717, 1.165) is 5.52 Å². The summed E-state index contributed by atoms with van der Waals surface area (Å²) in [4.78, 5) is 28.7. The lowest BCUT2D eigenvalue weighted by atomic mass is 9.86. The van der Waals surface area contributed by atoms with Crippen LogP contribution in [0.1, 0.15) is 49.5 Å². The van der Waals surface area contributed by atoms with E-state index in [1.54, 1.807) is 16.6 Å². The average Bonchev–Trinajstić information content (AvgIpc) is 3.23. The van der Waals surface area contributed by atoms with E-state index in [0.29, 0.717) is 35.5 Å². The maximum Gasteiger partial charge on any atom is 0.255 e. The number of nitrogens with one attached hydrogen (secondary N) is 3. The minimum absolute atomic E-state index is 0.0225. The summed E-state index contributed by atoms with van der Waals surface area (Å²) in [6, 6.07) is 9.23. The van der Waals surface area contributed by atoms with Crippen LogP contribution in [0, 0.1) is 11.3 Å². The number of aromatic nitrogens is 3. The van der Waals surface area contributed by atoms with Crippen molar-refractivity contribution in [1.82, 2.24) is 25.2 Å². The summed E-state index contributed by atoms with van der Waals surface area (Å²) >= 11 is 0. The Morgan fingerprint density at radius 3 is 2.69 bits per heavy atom. The molecule has 3 aromatic rings. The Hall–Kier alpha value is -4.04. The highest BCUT2D eigenvalue weighted by atomic mass is 19.1. The first kappa shape index (κ1) is 25.1. The first-order valence-corrected chi connectivity index (χ1v) is 11.6. The van der Waals surface area contributed by atoms with Crippen LogP contribution in [0.25, 0.3) is 16.9 Å². The highest BCUT2D eigenvalue weighted by molar-refractivity contribution is 6.00. The molecule has 1 aliphatic carbocycles. The Morgan fingerprint density at radius 2 is 2.03 bits per heavy atom. The lowest BCUT2D eigenvalue weighted by Crippen LogP contribution is -2.49. The third-order valence-corrected chi connectivity index (χ3v) is 6.15. The number of amides is 2. The number of pyridine rings is 1. The molecule has 0 aliphatic heterocycles. The highest BCUT2D eigenvalue weighted by Crippen LogP contribution is 2.30. The minimum Gasteiger partial charge on any atom is -0.387 e. The maximum absolute atomic E-state index is 14.2. The normalized spacial score (nSPS) is 18.1. The van der Waals surface area contributed by atoms with E-state index in [4.69, 9.17) is 5.26 Å². The molecule has 0 spiro atoms. The van der Waals surface area contributed by atoms with Gasteiger partial charge in [0.2, 0.25) is 5.91 Å². The van der Waals surface area contributed by atoms with Crippen LogP contribution < -0.4 is 16.0 Å². The summed E-state index contributed by atoms with van der Waals surface area (Å²) in [6.07, 6.45) is 2.61. The molecule has 1 fully saturated rings. The molecule has 36 heavy (non-hydrogen) atoms. The number of nitriles is 1. The molecule has 3 aromatic heterocycles. The molecule has 0 unspecified atom stereocenters. The standard InChI is InChI=1S/C25H28FN7O3/c1-14(34)31-16-7-17(8-16)32-20-9-21(22-5-4-18-6-15(10-27)11-30-33(18)22)28-12-19(20)24(35)29-13-23(26)25(2,3)36/h4-6,9,11-12,16-17,23,36H,7-8,13H2,1-3H3,(H,28,32)(H,29,35)(H,31,34)/t16?,17?,23-/m1/s1. The Morgan fingerprint density at radius 1 is 1.28 bits per heavy atom. The summed E-state index contributed by atoms with van der Waals surface area (Å²) in [7, 11) is 0. The van der Waals surface area contributed by atoms with Gasteiger partial charge in [-0.2, -0.15) is 10.4 Å². The second-order valence-corrected chi connectivity index (χ2v) is 9.57. The smallest absolute Gasteiger partial charge is 0.255 e. The van der Waals surface area contributed by atoms with Gasteiger partial charge in [0.15, 0.2) is 0 Å². The van der Waals surface area contributed by atoms with Gasteiger partial charge in [-0.15, -0.1) is 0 Å². The van der Waals surface area contributed by atoms with Crippen molar-refractivity contribution < 1.29 is 19.1 Å². The number of halogens is 1. The van der Waals surface area contributed by atoms with Crippen molar-refractivity contribution in [3.8, 4) is 17.5 Å². The number of fused-ring (bicyclic) bond motifs is 1. The number of carbonyl (C=O) groups excluding carboxylic acids is 2. The van der Waals surface area contributed by atoms with Crippen LogP contribution in [0.15, 0.2) is 36.7 Å². The number of hydrogen-bond acceptors (Lipinski definition) is 7. The van der Waals surface area contributed by atoms with Crippen molar-refractivity contribution >= 4 is 23.0 Å². The van der Waals surface area contributed by atoms with Crippen LogP contribution >= 0.6 is 0 Å². The Balaban J connectivity index is 1.61. The largest absolute Gasteiger partial charge is 0.387 e. The van der Waals surface area contributed by atoms with Gasteiger partial charge < -0.3 is 21.1 Å². The predicted octanol–water partition coefficient (Wildman–Crippen LogP) is 2.19. The lowest BCUT2D eigenvalue weighted by molar-refractivity contribution is -0.120. The van der Waals surface area contributed by atoms with Gasteiger partial charge in [-0.3, -0.25) is 14.6 Å². The Labute approximate surface area is 207 Å². The van der Waals surface area contributed by atoms with E-state index in [9.17, 15) is 19.1 Å². The van der Waals surface area contributed by atoms with Crippen LogP contribution in [0.3, 0.4) is 0 Å². The Bertz CT molecular complexity index is 1340. The molecule has 11 heteroatoms. The topological polar surface area (TPSA) is 144 Å². The zero-order chi connectivity index (χ0) is 26.0. The molecule has 0 radical (unpaired) electrons. The van der Waals surface area contributed by atoms with Crippen molar-refractivity contribution in [3.63, 3.8) is 0 Å². The summed E-state index contributed by atoms with van der Waals surface area (Å²) in [5.74, 6) is -0.623. The van der Waals surface area contributed by atoms with Crippen molar-refractivity contribution in [2.45, 2.75) is 57.5 Å². The van der Waals surface area contributed by atoms with Gasteiger partial charge in [0, 0.05) is 25.2 Å². The molecular formula is C25H28FN7O3. The van der Waals surface area contributed by atoms with E-state index < -0.39 is 17.7 Å².